The lowest BCUT2D eigenvalue weighted by atomic mass is 10.7. The van der Waals surface area contributed by atoms with Gasteiger partial charge in [-0.15, -0.1) is 23.2 Å². The molecular formula is C5H10Cl2N2O. The van der Waals surface area contributed by atoms with Crippen LogP contribution in [0, 0.1) is 0 Å². The van der Waals surface area contributed by atoms with E-state index in [1.54, 1.807) is 0 Å². The van der Waals surface area contributed by atoms with Gasteiger partial charge in [0.05, 0.1) is 0 Å². The Morgan fingerprint density at radius 2 is 1.50 bits per heavy atom. The zero-order valence-corrected chi connectivity index (χ0v) is 7.00. The lowest BCUT2D eigenvalue weighted by Crippen LogP contribution is -2.37. The van der Waals surface area contributed by atoms with Gasteiger partial charge in [-0.25, -0.2) is 4.79 Å². The molecule has 0 spiro atoms. The van der Waals surface area contributed by atoms with Gasteiger partial charge in [-0.2, -0.15) is 0 Å². The van der Waals surface area contributed by atoms with E-state index in [0.29, 0.717) is 24.8 Å². The topological polar surface area (TPSA) is 41.1 Å². The van der Waals surface area contributed by atoms with Crippen molar-refractivity contribution in [1.82, 2.24) is 10.6 Å². The summed E-state index contributed by atoms with van der Waals surface area (Å²) in [6.45, 7) is 0.964. The normalized spacial score (nSPS) is 9.00. The number of urea groups is 1. The summed E-state index contributed by atoms with van der Waals surface area (Å²) < 4.78 is 0. The molecule has 0 aliphatic rings. The van der Waals surface area contributed by atoms with E-state index in [4.69, 9.17) is 23.2 Å². The molecule has 0 fully saturated rings. The Morgan fingerprint density at radius 3 is 1.80 bits per heavy atom. The molecule has 0 aromatic heterocycles. The standard InChI is InChI=1S/C5H10Cl2N2O/c6-1-3-8-5(10)9-4-2-7/h1-4H2,(H2,8,9,10). The summed E-state index contributed by atoms with van der Waals surface area (Å²) in [7, 11) is 0. The molecule has 0 aliphatic heterocycles. The minimum absolute atomic E-state index is 0.221. The molecule has 0 bridgehead atoms. The number of nitrogens with one attached hydrogen (secondary N) is 2. The number of carbonyl (C=O) groups is 1. The summed E-state index contributed by atoms with van der Waals surface area (Å²) in [5.41, 5.74) is 0. The van der Waals surface area contributed by atoms with Gasteiger partial charge in [0.25, 0.3) is 0 Å². The molecule has 2 amide bonds. The van der Waals surface area contributed by atoms with Crippen molar-refractivity contribution in [2.75, 3.05) is 24.8 Å². The lowest BCUT2D eigenvalue weighted by Gasteiger charge is -2.02. The Hall–Kier alpha value is -0.150. The van der Waals surface area contributed by atoms with Crippen molar-refractivity contribution >= 4 is 29.2 Å². The van der Waals surface area contributed by atoms with E-state index in [-0.39, 0.29) is 6.03 Å². The molecule has 0 unspecified atom stereocenters. The highest BCUT2D eigenvalue weighted by atomic mass is 35.5. The van der Waals surface area contributed by atoms with Crippen molar-refractivity contribution in [2.24, 2.45) is 0 Å². The van der Waals surface area contributed by atoms with E-state index in [0.717, 1.165) is 0 Å². The van der Waals surface area contributed by atoms with E-state index in [2.05, 4.69) is 10.6 Å². The fourth-order valence-electron chi connectivity index (χ4n) is 0.384. The van der Waals surface area contributed by atoms with Crippen LogP contribution in [0.25, 0.3) is 0 Å². The largest absolute Gasteiger partial charge is 0.337 e. The molecule has 10 heavy (non-hydrogen) atoms. The second kappa shape index (κ2) is 6.96. The monoisotopic (exact) mass is 184 g/mol. The summed E-state index contributed by atoms with van der Waals surface area (Å²) in [6.07, 6.45) is 0. The lowest BCUT2D eigenvalue weighted by molar-refractivity contribution is 0.242. The number of alkyl halides is 2. The van der Waals surface area contributed by atoms with Gasteiger partial charge in [0.2, 0.25) is 0 Å². The van der Waals surface area contributed by atoms with E-state index in [9.17, 15) is 4.79 Å². The molecule has 0 radical (unpaired) electrons. The molecular weight excluding hydrogens is 175 g/mol. The van der Waals surface area contributed by atoms with Gasteiger partial charge in [0, 0.05) is 24.8 Å². The molecule has 2 N–H and O–H groups in total. The Bertz CT molecular complexity index is 89.6. The number of amides is 2. The fraction of sp³-hybridized carbons (Fsp3) is 0.800. The summed E-state index contributed by atoms with van der Waals surface area (Å²) in [5.74, 6) is 0.850. The third kappa shape index (κ3) is 5.98. The first kappa shape index (κ1) is 9.85. The molecule has 0 rings (SSSR count). The number of carbonyl (C=O) groups excluding carboxylic acids is 1. The molecule has 0 aromatic rings. The van der Waals surface area contributed by atoms with Crippen molar-refractivity contribution in [3.63, 3.8) is 0 Å². The SMILES string of the molecule is O=C(NCCCl)NCCCl. The summed E-state index contributed by atoms with van der Waals surface area (Å²) in [5, 5.41) is 5.05. The van der Waals surface area contributed by atoms with Crippen LogP contribution in [0.3, 0.4) is 0 Å². The Kier molecular flexibility index (Phi) is 6.86. The second-order valence-electron chi connectivity index (χ2n) is 1.56. The van der Waals surface area contributed by atoms with Crippen LogP contribution in [-0.2, 0) is 0 Å². The second-order valence-corrected chi connectivity index (χ2v) is 2.32. The highest BCUT2D eigenvalue weighted by molar-refractivity contribution is 6.18. The molecule has 5 heteroatoms. The van der Waals surface area contributed by atoms with Crippen LogP contribution in [0.2, 0.25) is 0 Å². The van der Waals surface area contributed by atoms with Crippen LogP contribution in [0.1, 0.15) is 0 Å². The summed E-state index contributed by atoms with van der Waals surface area (Å²) in [4.78, 5) is 10.6. The third-order valence-electron chi connectivity index (χ3n) is 0.760. The van der Waals surface area contributed by atoms with Crippen LogP contribution < -0.4 is 10.6 Å². The van der Waals surface area contributed by atoms with Crippen molar-refractivity contribution < 1.29 is 4.79 Å². The maximum atomic E-state index is 10.6. The average Bonchev–Trinajstić information content (AvgIpc) is 1.97. The van der Waals surface area contributed by atoms with Crippen LogP contribution in [0.15, 0.2) is 0 Å². The van der Waals surface area contributed by atoms with Crippen LogP contribution >= 0.6 is 23.2 Å². The quantitative estimate of drug-likeness (QED) is 0.624. The predicted molar refractivity (Wildman–Crippen MR) is 42.8 cm³/mol. The van der Waals surface area contributed by atoms with Gasteiger partial charge >= 0.3 is 6.03 Å². The maximum absolute atomic E-state index is 10.6. The summed E-state index contributed by atoms with van der Waals surface area (Å²) >= 11 is 10.6. The van der Waals surface area contributed by atoms with Gasteiger partial charge in [-0.05, 0) is 0 Å². The molecule has 0 aromatic carbocycles. The number of rotatable bonds is 4. The van der Waals surface area contributed by atoms with E-state index in [1.165, 1.54) is 0 Å². The molecule has 3 nitrogen and oxygen atoms in total. The zero-order valence-electron chi connectivity index (χ0n) is 5.49. The van der Waals surface area contributed by atoms with E-state index >= 15 is 0 Å². The van der Waals surface area contributed by atoms with Crippen LogP contribution in [0.4, 0.5) is 4.79 Å². The first-order chi connectivity index (χ1) is 4.81. The molecule has 0 saturated carbocycles. The highest BCUT2D eigenvalue weighted by Gasteiger charge is 1.94. The van der Waals surface area contributed by atoms with Crippen molar-refractivity contribution in [3.8, 4) is 0 Å². The van der Waals surface area contributed by atoms with Gasteiger partial charge in [-0.1, -0.05) is 0 Å². The van der Waals surface area contributed by atoms with Gasteiger partial charge in [0.15, 0.2) is 0 Å². The van der Waals surface area contributed by atoms with Crippen LogP contribution in [0.5, 0.6) is 0 Å². The highest BCUT2D eigenvalue weighted by Crippen LogP contribution is 1.72. The van der Waals surface area contributed by atoms with Crippen LogP contribution in [-0.4, -0.2) is 30.9 Å². The Balaban J connectivity index is 3.09. The number of halogens is 2. The van der Waals surface area contributed by atoms with Crippen molar-refractivity contribution in [3.05, 3.63) is 0 Å². The van der Waals surface area contributed by atoms with Crippen molar-refractivity contribution in [1.29, 1.82) is 0 Å². The smallest absolute Gasteiger partial charge is 0.314 e. The fourth-order valence-corrected chi connectivity index (χ4v) is 0.573. The first-order valence-corrected chi connectivity index (χ1v) is 4.01. The Labute approximate surface area is 70.1 Å². The molecule has 0 atom stereocenters. The number of hydrogen-bond acceptors (Lipinski definition) is 1. The third-order valence-corrected chi connectivity index (χ3v) is 1.14. The molecule has 0 heterocycles. The van der Waals surface area contributed by atoms with E-state index in [1.807, 2.05) is 0 Å². The van der Waals surface area contributed by atoms with Crippen molar-refractivity contribution in [2.45, 2.75) is 0 Å². The molecule has 0 saturated heterocycles. The predicted octanol–water partition coefficient (Wildman–Crippen LogP) is 0.763. The van der Waals surface area contributed by atoms with Gasteiger partial charge in [-0.3, -0.25) is 0 Å². The zero-order chi connectivity index (χ0) is 7.82. The van der Waals surface area contributed by atoms with Gasteiger partial charge in [0.1, 0.15) is 0 Å². The van der Waals surface area contributed by atoms with Gasteiger partial charge < -0.3 is 10.6 Å². The minimum Gasteiger partial charge on any atom is -0.337 e. The van der Waals surface area contributed by atoms with E-state index < -0.39 is 0 Å². The number of hydrogen-bond donors (Lipinski definition) is 2. The molecule has 60 valence electrons. The maximum Gasteiger partial charge on any atom is 0.314 e. The molecule has 0 aliphatic carbocycles. The average molecular weight is 185 g/mol. The Morgan fingerprint density at radius 1 is 1.10 bits per heavy atom. The minimum atomic E-state index is -0.221. The summed E-state index contributed by atoms with van der Waals surface area (Å²) in [6, 6.07) is -0.221. The first-order valence-electron chi connectivity index (χ1n) is 2.95.